The van der Waals surface area contributed by atoms with E-state index in [2.05, 4.69) is 30.5 Å². The van der Waals surface area contributed by atoms with Crippen molar-refractivity contribution >= 4 is 41.8 Å². The molecule has 15 atom stereocenters. The standard InChI is InChI=1S/2C19H29FN4O2.C11H21N3O.C4H6O6/c2*1-19(6-5-17(25)24-12-15(20)7-16(24)21-2)8-13-10-23(11-14(13)9-19)18(26)22(3)4;1-11(12)4-8-6-14(7-9(8)5-11)10(15)13(2)3;5-1(3(7)8)2(6)4(9)10/h2*13-16H,5-12H2,1,3-4H3;8-9H,4-7,12H2,1-3H3;1-2,5-6H,(H,7,8)(H,9,10)/t2*13-,14+,15-,16-,19?;8-,9+,11?;/m00../s1. The van der Waals surface area contributed by atoms with Crippen molar-refractivity contribution in [1.29, 1.82) is 0 Å². The number of amides is 8. The predicted octanol–water partition coefficient (Wildman–Crippen LogP) is 3.83. The summed E-state index contributed by atoms with van der Waals surface area (Å²) in [5.41, 5.74) is 6.33. The van der Waals surface area contributed by atoms with Gasteiger partial charge in [-0.15, -0.1) is 0 Å². The molecule has 3 aliphatic carbocycles. The number of aliphatic carboxylic acids is 2. The quantitative estimate of drug-likeness (QED) is 0.207. The van der Waals surface area contributed by atoms with E-state index in [1.807, 2.05) is 28.8 Å². The average Bonchev–Trinajstić information content (AvgIpc) is 4.24. The SMILES string of the molecule is CN(C)C(=O)N1C[C@@H]2CC(C)(N)C[C@@H]2C1.O=C(O)C(O)C(O)C(=O)O.[C-]#[N+][C@@H]1C[C@H](F)CN1C(=O)CCC1(C)C[C@H]2CN(C(=O)N(C)C)C[C@H]2C1.[C-]#[N+][C@@H]1C[C@H](F)CN1C(=O)CCC1(C)C[C@H]2CN(C(=O)N(C)C)C[C@H]2C1. The number of hydrogen-bond donors (Lipinski definition) is 5. The number of hydrogen-bond acceptors (Lipinski definition) is 10. The smallest absolute Gasteiger partial charge is 0.335 e. The molecule has 432 valence electrons. The summed E-state index contributed by atoms with van der Waals surface area (Å²) in [6.07, 6.45) is 0.928. The zero-order valence-electron chi connectivity index (χ0n) is 46.5. The number of fused-ring (bicyclic) bond motifs is 3. The van der Waals surface area contributed by atoms with Crippen LogP contribution in [0.5, 0.6) is 0 Å². The average molecular weight is 1090 g/mol. The van der Waals surface area contributed by atoms with E-state index in [4.69, 9.17) is 39.3 Å². The second kappa shape index (κ2) is 25.5. The molecule has 5 unspecified atom stereocenters. The molecule has 0 aromatic rings. The second-order valence-corrected chi connectivity index (χ2v) is 24.9. The lowest BCUT2D eigenvalue weighted by Crippen LogP contribution is -2.40. The van der Waals surface area contributed by atoms with Crippen molar-refractivity contribution in [3.8, 4) is 0 Å². The number of rotatable bonds is 9. The monoisotopic (exact) mass is 1090 g/mol. The van der Waals surface area contributed by atoms with Crippen LogP contribution in [0.15, 0.2) is 0 Å². The summed E-state index contributed by atoms with van der Waals surface area (Å²) in [4.78, 5) is 101. The van der Waals surface area contributed by atoms with Gasteiger partial charge in [-0.05, 0) is 105 Å². The van der Waals surface area contributed by atoms with Crippen LogP contribution in [0.1, 0.15) is 97.8 Å². The zero-order chi connectivity index (χ0) is 57.6. The lowest BCUT2D eigenvalue weighted by molar-refractivity contribution is -0.165. The van der Waals surface area contributed by atoms with Crippen molar-refractivity contribution in [3.05, 3.63) is 22.8 Å². The minimum Gasteiger partial charge on any atom is -0.479 e. The minimum atomic E-state index is -2.27. The third-order valence-corrected chi connectivity index (χ3v) is 17.2. The number of nitrogens with two attached hydrogens (primary N) is 1. The van der Waals surface area contributed by atoms with Crippen LogP contribution in [0.4, 0.5) is 23.2 Å². The molecular weight excluding hydrogens is 1000 g/mol. The first kappa shape index (κ1) is 62.3. The molecule has 5 aliphatic heterocycles. The molecule has 6 N–H and O–H groups in total. The summed E-state index contributed by atoms with van der Waals surface area (Å²) in [5.74, 6) is -0.414. The molecule has 8 aliphatic rings. The number of urea groups is 3. The molecule has 22 nitrogen and oxygen atoms in total. The van der Waals surface area contributed by atoms with Gasteiger partial charge >= 0.3 is 42.4 Å². The molecule has 8 amide bonds. The normalized spacial score (nSPS) is 34.1. The van der Waals surface area contributed by atoms with Crippen LogP contribution < -0.4 is 5.73 Å². The van der Waals surface area contributed by atoms with Crippen molar-refractivity contribution in [2.75, 3.05) is 94.6 Å². The maximum Gasteiger partial charge on any atom is 0.335 e. The molecule has 0 radical (unpaired) electrons. The summed E-state index contributed by atoms with van der Waals surface area (Å²) < 4.78 is 27.1. The molecule has 24 heteroatoms. The number of carboxylic acid groups (broad SMARTS) is 2. The summed E-state index contributed by atoms with van der Waals surface area (Å²) in [6, 6.07) is 0.302. The van der Waals surface area contributed by atoms with E-state index in [0.29, 0.717) is 48.3 Å². The highest BCUT2D eigenvalue weighted by Crippen LogP contribution is 2.53. The second-order valence-electron chi connectivity index (χ2n) is 24.9. The first-order valence-electron chi connectivity index (χ1n) is 26.9. The van der Waals surface area contributed by atoms with Gasteiger partial charge in [0.1, 0.15) is 12.3 Å². The van der Waals surface area contributed by atoms with Crippen LogP contribution in [-0.4, -0.2) is 239 Å². The van der Waals surface area contributed by atoms with Crippen molar-refractivity contribution < 1.29 is 62.8 Å². The lowest BCUT2D eigenvalue weighted by atomic mass is 9.82. The highest BCUT2D eigenvalue weighted by Gasteiger charge is 2.51. The van der Waals surface area contributed by atoms with E-state index in [9.17, 15) is 42.3 Å². The molecule has 8 fully saturated rings. The van der Waals surface area contributed by atoms with E-state index < -0.39 is 48.8 Å². The van der Waals surface area contributed by atoms with Crippen molar-refractivity contribution in [1.82, 2.24) is 39.2 Å². The largest absolute Gasteiger partial charge is 0.479 e. The van der Waals surface area contributed by atoms with Gasteiger partial charge in [-0.25, -0.2) is 45.9 Å². The molecule has 77 heavy (non-hydrogen) atoms. The minimum absolute atomic E-state index is 0.00257. The third-order valence-electron chi connectivity index (χ3n) is 17.2. The Morgan fingerprint density at radius 1 is 0.532 bits per heavy atom. The van der Waals surface area contributed by atoms with Gasteiger partial charge in [0, 0.05) is 99.9 Å². The zero-order valence-corrected chi connectivity index (χ0v) is 46.5. The Balaban J connectivity index is 0.000000201. The maximum absolute atomic E-state index is 13.5. The fourth-order valence-electron chi connectivity index (χ4n) is 13.6. The van der Waals surface area contributed by atoms with Crippen molar-refractivity contribution in [2.45, 2.75) is 140 Å². The van der Waals surface area contributed by atoms with Gasteiger partial charge in [0.25, 0.3) is 0 Å². The number of carbonyl (C=O) groups excluding carboxylic acids is 5. The Kier molecular flexibility index (Phi) is 20.6. The molecule has 0 aromatic heterocycles. The number of nitrogens with zero attached hydrogens (tertiary/aromatic N) is 10. The van der Waals surface area contributed by atoms with Crippen molar-refractivity contribution in [3.63, 3.8) is 0 Å². The Bertz CT molecular complexity index is 2080. The molecule has 5 heterocycles. The van der Waals surface area contributed by atoms with E-state index in [0.717, 1.165) is 90.6 Å². The summed E-state index contributed by atoms with van der Waals surface area (Å²) >= 11 is 0. The number of aliphatic hydroxyl groups excluding tert-OH is 2. The fraction of sp³-hybridized carbons (Fsp3) is 0.830. The van der Waals surface area contributed by atoms with Crippen LogP contribution >= 0.6 is 0 Å². The van der Waals surface area contributed by atoms with E-state index >= 15 is 0 Å². The maximum atomic E-state index is 13.5. The molecule has 0 aromatic carbocycles. The Hall–Kier alpha value is -5.59. The lowest BCUT2D eigenvalue weighted by Gasteiger charge is -2.28. The number of carbonyl (C=O) groups is 7. The Morgan fingerprint density at radius 3 is 1.03 bits per heavy atom. The molecule has 8 rings (SSSR count). The van der Waals surface area contributed by atoms with Crippen LogP contribution in [0.25, 0.3) is 9.69 Å². The number of alkyl halides is 2. The molecular formula is C53H85F2N11O11. The predicted molar refractivity (Wildman–Crippen MR) is 278 cm³/mol. The number of halogens is 2. The first-order chi connectivity index (χ1) is 35.8. The van der Waals surface area contributed by atoms with Gasteiger partial charge in [0.2, 0.25) is 11.8 Å². The topological polar surface area (TPSA) is 261 Å². The van der Waals surface area contributed by atoms with Crippen LogP contribution in [0.2, 0.25) is 0 Å². The van der Waals surface area contributed by atoms with Gasteiger partial charge in [0.05, 0.1) is 25.9 Å². The molecule has 3 saturated carbocycles. The van der Waals surface area contributed by atoms with E-state index in [1.54, 1.807) is 42.9 Å². The Morgan fingerprint density at radius 2 is 0.792 bits per heavy atom. The Labute approximate surface area is 452 Å². The summed E-state index contributed by atoms with van der Waals surface area (Å²) in [7, 11) is 10.7. The van der Waals surface area contributed by atoms with Crippen molar-refractivity contribution in [2.24, 2.45) is 52.1 Å². The number of aliphatic hydroxyl groups is 2. The molecule has 0 spiro atoms. The molecule has 5 saturated heterocycles. The summed E-state index contributed by atoms with van der Waals surface area (Å²) in [6.45, 7) is 26.0. The van der Waals surface area contributed by atoms with Gasteiger partial charge in [-0.3, -0.25) is 29.1 Å². The van der Waals surface area contributed by atoms with Gasteiger partial charge in [-0.1, -0.05) is 13.8 Å². The van der Waals surface area contributed by atoms with E-state index in [1.165, 1.54) is 9.80 Å². The molecule has 0 bridgehead atoms. The van der Waals surface area contributed by atoms with Gasteiger partial charge in [-0.2, -0.15) is 0 Å². The first-order valence-corrected chi connectivity index (χ1v) is 26.9. The third kappa shape index (κ3) is 15.8. The van der Waals surface area contributed by atoms with E-state index in [-0.39, 0.29) is 72.2 Å². The highest BCUT2D eigenvalue weighted by molar-refractivity contribution is 5.83. The van der Waals surface area contributed by atoms with Gasteiger partial charge < -0.3 is 55.6 Å². The highest BCUT2D eigenvalue weighted by atomic mass is 19.1. The number of carboxylic acids is 2. The van der Waals surface area contributed by atoms with Crippen LogP contribution in [0.3, 0.4) is 0 Å². The summed E-state index contributed by atoms with van der Waals surface area (Å²) in [5, 5.41) is 32.5. The van der Waals surface area contributed by atoms with Gasteiger partial charge in [0.15, 0.2) is 12.2 Å². The number of likely N-dealkylation sites (tertiary alicyclic amines) is 5. The van der Waals surface area contributed by atoms with Crippen LogP contribution in [0, 0.1) is 59.5 Å². The van der Waals surface area contributed by atoms with Crippen LogP contribution in [-0.2, 0) is 19.2 Å². The fourth-order valence-corrected chi connectivity index (χ4v) is 13.6.